The van der Waals surface area contributed by atoms with E-state index in [0.29, 0.717) is 0 Å². The van der Waals surface area contributed by atoms with E-state index in [1.165, 1.54) is 19.9 Å². The standard InChI is InChI=1S/C11H9F3N2O2/c1-3-18-10(17)8-5-16-6(2)7(4-15)9(8)11(12,13)14/h5H,3H2,1-2H3. The predicted molar refractivity (Wildman–Crippen MR) is 54.6 cm³/mol. The highest BCUT2D eigenvalue weighted by Gasteiger charge is 2.39. The topological polar surface area (TPSA) is 63.0 Å². The molecule has 1 heterocycles. The first-order valence-corrected chi connectivity index (χ1v) is 4.97. The van der Waals surface area contributed by atoms with Crippen molar-refractivity contribution in [3.8, 4) is 6.07 Å². The quantitative estimate of drug-likeness (QED) is 0.764. The number of alkyl halides is 3. The van der Waals surface area contributed by atoms with Crippen LogP contribution in [0.15, 0.2) is 6.20 Å². The number of carbonyl (C=O) groups is 1. The van der Waals surface area contributed by atoms with Crippen LogP contribution in [0.5, 0.6) is 0 Å². The summed E-state index contributed by atoms with van der Waals surface area (Å²) in [6.45, 7) is 2.67. The summed E-state index contributed by atoms with van der Waals surface area (Å²) in [4.78, 5) is 15.0. The Balaban J connectivity index is 3.54. The minimum atomic E-state index is -4.82. The minimum absolute atomic E-state index is 0.0636. The number of nitrogens with zero attached hydrogens (tertiary/aromatic N) is 2. The van der Waals surface area contributed by atoms with Crippen LogP contribution < -0.4 is 0 Å². The first kappa shape index (κ1) is 14.0. The Hall–Kier alpha value is -2.10. The summed E-state index contributed by atoms with van der Waals surface area (Å²) >= 11 is 0. The molecule has 0 spiro atoms. The molecular weight excluding hydrogens is 249 g/mol. The molecule has 0 aromatic carbocycles. The fraction of sp³-hybridized carbons (Fsp3) is 0.364. The van der Waals surface area contributed by atoms with Crippen molar-refractivity contribution < 1.29 is 22.7 Å². The molecule has 0 aliphatic heterocycles. The van der Waals surface area contributed by atoms with Crippen molar-refractivity contribution in [2.75, 3.05) is 6.61 Å². The van der Waals surface area contributed by atoms with Gasteiger partial charge in [-0.15, -0.1) is 0 Å². The lowest BCUT2D eigenvalue weighted by Gasteiger charge is -2.14. The van der Waals surface area contributed by atoms with Gasteiger partial charge in [-0.3, -0.25) is 4.98 Å². The molecule has 0 aliphatic rings. The summed E-state index contributed by atoms with van der Waals surface area (Å²) in [5.74, 6) is -1.14. The molecule has 0 aliphatic carbocycles. The SMILES string of the molecule is CCOC(=O)c1cnc(C)c(C#N)c1C(F)(F)F. The van der Waals surface area contributed by atoms with Crippen molar-refractivity contribution in [1.29, 1.82) is 5.26 Å². The summed E-state index contributed by atoms with van der Waals surface area (Å²) in [6, 6.07) is 1.42. The van der Waals surface area contributed by atoms with Crippen LogP contribution in [0.2, 0.25) is 0 Å². The van der Waals surface area contributed by atoms with Crippen LogP contribution in [-0.2, 0) is 10.9 Å². The molecule has 0 fully saturated rings. The van der Waals surface area contributed by atoms with Crippen molar-refractivity contribution in [2.45, 2.75) is 20.0 Å². The van der Waals surface area contributed by atoms with E-state index < -0.39 is 28.8 Å². The zero-order valence-electron chi connectivity index (χ0n) is 9.63. The van der Waals surface area contributed by atoms with Gasteiger partial charge in [0.15, 0.2) is 0 Å². The van der Waals surface area contributed by atoms with Gasteiger partial charge in [-0.2, -0.15) is 18.4 Å². The van der Waals surface area contributed by atoms with Gasteiger partial charge in [0.2, 0.25) is 0 Å². The van der Waals surface area contributed by atoms with E-state index >= 15 is 0 Å². The third-order valence-corrected chi connectivity index (χ3v) is 2.16. The summed E-state index contributed by atoms with van der Waals surface area (Å²) in [5, 5.41) is 8.76. The zero-order valence-corrected chi connectivity index (χ0v) is 9.63. The molecule has 1 rings (SSSR count). The third-order valence-electron chi connectivity index (χ3n) is 2.16. The number of nitriles is 1. The maximum absolute atomic E-state index is 12.9. The molecule has 0 N–H and O–H groups in total. The van der Waals surface area contributed by atoms with Gasteiger partial charge in [0.25, 0.3) is 0 Å². The Bertz CT molecular complexity index is 518. The van der Waals surface area contributed by atoms with E-state index in [9.17, 15) is 18.0 Å². The molecule has 1 aromatic rings. The molecule has 0 saturated carbocycles. The van der Waals surface area contributed by atoms with E-state index in [1.54, 1.807) is 0 Å². The van der Waals surface area contributed by atoms with E-state index in [0.717, 1.165) is 6.20 Å². The van der Waals surface area contributed by atoms with Gasteiger partial charge < -0.3 is 4.74 Å². The molecule has 7 heteroatoms. The van der Waals surface area contributed by atoms with E-state index in [1.807, 2.05) is 0 Å². The molecule has 0 radical (unpaired) electrons. The Labute approximate surface area is 101 Å². The van der Waals surface area contributed by atoms with E-state index in [4.69, 9.17) is 5.26 Å². The number of hydrogen-bond acceptors (Lipinski definition) is 4. The van der Waals surface area contributed by atoms with Crippen LogP contribution in [0.4, 0.5) is 13.2 Å². The number of pyridine rings is 1. The highest BCUT2D eigenvalue weighted by molar-refractivity contribution is 5.91. The Morgan fingerprint density at radius 1 is 1.56 bits per heavy atom. The highest BCUT2D eigenvalue weighted by atomic mass is 19.4. The first-order valence-electron chi connectivity index (χ1n) is 4.97. The largest absolute Gasteiger partial charge is 0.462 e. The molecule has 0 bridgehead atoms. The molecule has 4 nitrogen and oxygen atoms in total. The predicted octanol–water partition coefficient (Wildman–Crippen LogP) is 2.46. The number of ether oxygens (including phenoxy) is 1. The van der Waals surface area contributed by atoms with Gasteiger partial charge in [0, 0.05) is 6.20 Å². The smallest absolute Gasteiger partial charge is 0.418 e. The zero-order chi connectivity index (χ0) is 13.9. The number of rotatable bonds is 2. The van der Waals surface area contributed by atoms with Crippen LogP contribution in [0.3, 0.4) is 0 Å². The second kappa shape index (κ2) is 5.04. The summed E-state index contributed by atoms with van der Waals surface area (Å²) in [7, 11) is 0. The second-order valence-corrected chi connectivity index (χ2v) is 3.34. The molecule has 1 aromatic heterocycles. The average molecular weight is 258 g/mol. The second-order valence-electron chi connectivity index (χ2n) is 3.34. The number of hydrogen-bond donors (Lipinski definition) is 0. The average Bonchev–Trinajstić information content (AvgIpc) is 2.27. The maximum Gasteiger partial charge on any atom is 0.418 e. The Kier molecular flexibility index (Phi) is 3.91. The fourth-order valence-corrected chi connectivity index (χ4v) is 1.40. The molecule has 0 amide bonds. The summed E-state index contributed by atoms with van der Waals surface area (Å²) < 4.78 is 43.2. The van der Waals surface area contributed by atoms with Crippen molar-refractivity contribution in [3.05, 3.63) is 28.6 Å². The number of carbonyl (C=O) groups excluding carboxylic acids is 1. The highest BCUT2D eigenvalue weighted by Crippen LogP contribution is 2.35. The van der Waals surface area contributed by atoms with Crippen LogP contribution in [-0.4, -0.2) is 17.6 Å². The van der Waals surface area contributed by atoms with Crippen molar-refractivity contribution in [1.82, 2.24) is 4.98 Å². The Morgan fingerprint density at radius 2 is 2.17 bits per heavy atom. The summed E-state index contributed by atoms with van der Waals surface area (Å²) in [5.41, 5.74) is -2.78. The van der Waals surface area contributed by atoms with Gasteiger partial charge in [-0.05, 0) is 13.8 Å². The molecule has 18 heavy (non-hydrogen) atoms. The Morgan fingerprint density at radius 3 is 2.61 bits per heavy atom. The number of aryl methyl sites for hydroxylation is 1. The van der Waals surface area contributed by atoms with Crippen LogP contribution in [0, 0.1) is 18.3 Å². The van der Waals surface area contributed by atoms with Crippen molar-refractivity contribution in [3.63, 3.8) is 0 Å². The first-order chi connectivity index (χ1) is 8.32. The van der Waals surface area contributed by atoms with Crippen molar-refractivity contribution >= 4 is 5.97 Å². The molecule has 0 unspecified atom stereocenters. The molecule has 96 valence electrons. The van der Waals surface area contributed by atoms with Crippen molar-refractivity contribution in [2.24, 2.45) is 0 Å². The summed E-state index contributed by atoms with van der Waals surface area (Å²) in [6.07, 6.45) is -4.04. The molecular formula is C11H9F3N2O2. The van der Waals surface area contributed by atoms with Crippen LogP contribution in [0.1, 0.15) is 34.1 Å². The molecule has 0 saturated heterocycles. The molecule has 0 atom stereocenters. The normalized spacial score (nSPS) is 10.9. The lowest BCUT2D eigenvalue weighted by atomic mass is 10.0. The monoisotopic (exact) mass is 258 g/mol. The van der Waals surface area contributed by atoms with Gasteiger partial charge in [0.05, 0.1) is 29.0 Å². The van der Waals surface area contributed by atoms with E-state index in [2.05, 4.69) is 9.72 Å². The van der Waals surface area contributed by atoms with Gasteiger partial charge in [0.1, 0.15) is 6.07 Å². The number of esters is 1. The lowest BCUT2D eigenvalue weighted by Crippen LogP contribution is -2.18. The van der Waals surface area contributed by atoms with Gasteiger partial charge in [-0.1, -0.05) is 0 Å². The van der Waals surface area contributed by atoms with Gasteiger partial charge >= 0.3 is 12.1 Å². The number of halogens is 3. The third kappa shape index (κ3) is 2.59. The van der Waals surface area contributed by atoms with E-state index in [-0.39, 0.29) is 12.3 Å². The minimum Gasteiger partial charge on any atom is -0.462 e. The lowest BCUT2D eigenvalue weighted by molar-refractivity contribution is -0.138. The maximum atomic E-state index is 12.9. The van der Waals surface area contributed by atoms with Crippen LogP contribution >= 0.6 is 0 Å². The number of aromatic nitrogens is 1. The van der Waals surface area contributed by atoms with Crippen LogP contribution in [0.25, 0.3) is 0 Å². The van der Waals surface area contributed by atoms with Gasteiger partial charge in [-0.25, -0.2) is 4.79 Å². The fourth-order valence-electron chi connectivity index (χ4n) is 1.40.